The second-order valence-electron chi connectivity index (χ2n) is 8.75. The molecule has 2 aromatic rings. The van der Waals surface area contributed by atoms with Gasteiger partial charge in [-0.15, -0.1) is 0 Å². The zero-order valence-corrected chi connectivity index (χ0v) is 20.1. The van der Waals surface area contributed by atoms with E-state index in [4.69, 9.17) is 4.74 Å². The SMILES string of the molecule is Cc1ccccc1CC(=O)Nc1cc(S(=O)(=O)N2CCOCC2)ccc1N1CCCCCC1. The lowest BCUT2D eigenvalue weighted by Gasteiger charge is -2.28. The van der Waals surface area contributed by atoms with Gasteiger partial charge in [0.15, 0.2) is 0 Å². The van der Waals surface area contributed by atoms with E-state index >= 15 is 0 Å². The summed E-state index contributed by atoms with van der Waals surface area (Å²) in [5.41, 5.74) is 3.47. The fourth-order valence-electron chi connectivity index (χ4n) is 4.47. The first kappa shape index (κ1) is 23.7. The Balaban J connectivity index is 1.64. The van der Waals surface area contributed by atoms with Gasteiger partial charge in [0.25, 0.3) is 0 Å². The second kappa shape index (κ2) is 10.7. The predicted octanol–water partition coefficient (Wildman–Crippen LogP) is 3.58. The van der Waals surface area contributed by atoms with E-state index in [0.29, 0.717) is 32.0 Å². The number of amides is 1. The molecule has 2 aromatic carbocycles. The van der Waals surface area contributed by atoms with Crippen LogP contribution in [0.3, 0.4) is 0 Å². The number of hydrogen-bond acceptors (Lipinski definition) is 5. The van der Waals surface area contributed by atoms with Crippen LogP contribution in [-0.4, -0.2) is 58.0 Å². The Bertz CT molecular complexity index is 1070. The smallest absolute Gasteiger partial charge is 0.243 e. The molecule has 2 heterocycles. The number of ether oxygens (including phenoxy) is 1. The maximum atomic E-state index is 13.2. The van der Waals surface area contributed by atoms with Gasteiger partial charge in [0.05, 0.1) is 35.9 Å². The number of benzene rings is 2. The predicted molar refractivity (Wildman–Crippen MR) is 130 cm³/mol. The van der Waals surface area contributed by atoms with Crippen LogP contribution in [0.25, 0.3) is 0 Å². The van der Waals surface area contributed by atoms with Gasteiger partial charge in [0.1, 0.15) is 0 Å². The summed E-state index contributed by atoms with van der Waals surface area (Å²) in [6.07, 6.45) is 4.80. The average molecular weight is 472 g/mol. The number of sulfonamides is 1. The molecule has 2 aliphatic heterocycles. The molecule has 2 fully saturated rings. The molecule has 2 saturated heterocycles. The third-order valence-electron chi connectivity index (χ3n) is 6.41. The number of nitrogens with one attached hydrogen (secondary N) is 1. The van der Waals surface area contributed by atoms with Crippen LogP contribution >= 0.6 is 0 Å². The normalized spacial score (nSPS) is 18.0. The summed E-state index contributed by atoms with van der Waals surface area (Å²) in [4.78, 5) is 15.5. The molecule has 1 N–H and O–H groups in total. The van der Waals surface area contributed by atoms with Crippen LogP contribution in [0.1, 0.15) is 36.8 Å². The zero-order chi connectivity index (χ0) is 23.3. The number of anilines is 2. The lowest BCUT2D eigenvalue weighted by molar-refractivity contribution is -0.115. The topological polar surface area (TPSA) is 79.0 Å². The van der Waals surface area contributed by atoms with Crippen molar-refractivity contribution >= 4 is 27.3 Å². The Kier molecular flexibility index (Phi) is 7.67. The molecule has 0 radical (unpaired) electrons. The highest BCUT2D eigenvalue weighted by Crippen LogP contribution is 2.32. The van der Waals surface area contributed by atoms with Gasteiger partial charge in [-0.25, -0.2) is 8.42 Å². The summed E-state index contributed by atoms with van der Waals surface area (Å²) >= 11 is 0. The maximum absolute atomic E-state index is 13.2. The summed E-state index contributed by atoms with van der Waals surface area (Å²) in [7, 11) is -3.66. The minimum absolute atomic E-state index is 0.152. The van der Waals surface area contributed by atoms with Crippen molar-refractivity contribution in [3.63, 3.8) is 0 Å². The Morgan fingerprint density at radius 2 is 1.67 bits per heavy atom. The highest BCUT2D eigenvalue weighted by molar-refractivity contribution is 7.89. The summed E-state index contributed by atoms with van der Waals surface area (Å²) in [5, 5.41) is 3.03. The number of nitrogens with zero attached hydrogens (tertiary/aromatic N) is 2. The van der Waals surface area contributed by atoms with Gasteiger partial charge in [-0.3, -0.25) is 4.79 Å². The molecule has 178 valence electrons. The molecule has 0 aromatic heterocycles. The van der Waals surface area contributed by atoms with Crippen LogP contribution in [0.5, 0.6) is 0 Å². The summed E-state index contributed by atoms with van der Waals surface area (Å²) in [6, 6.07) is 13.0. The van der Waals surface area contributed by atoms with Crippen molar-refractivity contribution in [1.29, 1.82) is 0 Å². The minimum atomic E-state index is -3.66. The summed E-state index contributed by atoms with van der Waals surface area (Å²) < 4.78 is 33.3. The molecule has 0 saturated carbocycles. The van der Waals surface area contributed by atoms with Crippen LogP contribution in [0.15, 0.2) is 47.4 Å². The van der Waals surface area contributed by atoms with E-state index in [-0.39, 0.29) is 17.2 Å². The fourth-order valence-corrected chi connectivity index (χ4v) is 5.91. The molecular weight excluding hydrogens is 438 g/mol. The van der Waals surface area contributed by atoms with E-state index in [1.807, 2.05) is 37.3 Å². The number of rotatable bonds is 6. The van der Waals surface area contributed by atoms with Crippen LogP contribution in [-0.2, 0) is 26.0 Å². The molecule has 4 rings (SSSR count). The summed E-state index contributed by atoms with van der Waals surface area (Å²) in [5.74, 6) is -0.152. The van der Waals surface area contributed by atoms with Crippen LogP contribution in [0.2, 0.25) is 0 Å². The van der Waals surface area contributed by atoms with Crippen LogP contribution in [0, 0.1) is 6.92 Å². The van der Waals surface area contributed by atoms with Gasteiger partial charge in [-0.2, -0.15) is 4.31 Å². The van der Waals surface area contributed by atoms with E-state index in [9.17, 15) is 13.2 Å². The third-order valence-corrected chi connectivity index (χ3v) is 8.30. The first-order chi connectivity index (χ1) is 15.9. The number of carbonyl (C=O) groups excluding carboxylic acids is 1. The quantitative estimate of drug-likeness (QED) is 0.697. The lowest BCUT2D eigenvalue weighted by atomic mass is 10.1. The Morgan fingerprint density at radius 1 is 0.970 bits per heavy atom. The molecule has 0 atom stereocenters. The Morgan fingerprint density at radius 3 is 2.36 bits per heavy atom. The second-order valence-corrected chi connectivity index (χ2v) is 10.7. The van der Waals surface area contributed by atoms with Crippen molar-refractivity contribution in [2.24, 2.45) is 0 Å². The standard InChI is InChI=1S/C25H33N3O4S/c1-20-8-4-5-9-21(20)18-25(29)26-23-19-22(33(30,31)28-14-16-32-17-15-28)10-11-24(23)27-12-6-2-3-7-13-27/h4-5,8-11,19H,2-3,6-7,12-18H2,1H3,(H,26,29). The van der Waals surface area contributed by atoms with Crippen molar-refractivity contribution in [3.8, 4) is 0 Å². The van der Waals surface area contributed by atoms with Gasteiger partial charge in [-0.05, 0) is 49.1 Å². The molecule has 0 aliphatic carbocycles. The van der Waals surface area contributed by atoms with Crippen molar-refractivity contribution in [1.82, 2.24) is 4.31 Å². The number of hydrogen-bond donors (Lipinski definition) is 1. The first-order valence-electron chi connectivity index (χ1n) is 11.8. The molecule has 33 heavy (non-hydrogen) atoms. The van der Waals surface area contributed by atoms with Crippen molar-refractivity contribution in [2.45, 2.75) is 43.9 Å². The molecule has 2 aliphatic rings. The van der Waals surface area contributed by atoms with Crippen molar-refractivity contribution in [2.75, 3.05) is 49.6 Å². The Hall–Kier alpha value is -2.42. The van der Waals surface area contributed by atoms with E-state index in [1.54, 1.807) is 12.1 Å². The number of morpholine rings is 1. The van der Waals surface area contributed by atoms with Crippen molar-refractivity contribution < 1.29 is 17.9 Å². The number of carbonyl (C=O) groups is 1. The maximum Gasteiger partial charge on any atom is 0.243 e. The molecule has 8 heteroatoms. The zero-order valence-electron chi connectivity index (χ0n) is 19.3. The molecular formula is C25H33N3O4S. The average Bonchev–Trinajstić information content (AvgIpc) is 3.11. The lowest BCUT2D eigenvalue weighted by Crippen LogP contribution is -2.40. The first-order valence-corrected chi connectivity index (χ1v) is 13.2. The molecule has 1 amide bonds. The van der Waals surface area contributed by atoms with E-state index in [2.05, 4.69) is 10.2 Å². The van der Waals surface area contributed by atoms with Gasteiger partial charge in [0, 0.05) is 26.2 Å². The number of aryl methyl sites for hydroxylation is 1. The van der Waals surface area contributed by atoms with Crippen LogP contribution < -0.4 is 10.2 Å². The van der Waals surface area contributed by atoms with E-state index in [1.165, 1.54) is 17.1 Å². The highest BCUT2D eigenvalue weighted by atomic mass is 32.2. The Labute approximate surface area is 196 Å². The molecule has 0 spiro atoms. The third kappa shape index (κ3) is 5.75. The van der Waals surface area contributed by atoms with E-state index < -0.39 is 10.0 Å². The van der Waals surface area contributed by atoms with Gasteiger partial charge in [0.2, 0.25) is 15.9 Å². The summed E-state index contributed by atoms with van der Waals surface area (Å²) in [6.45, 7) is 5.25. The van der Waals surface area contributed by atoms with Gasteiger partial charge in [-0.1, -0.05) is 37.1 Å². The highest BCUT2D eigenvalue weighted by Gasteiger charge is 2.28. The molecule has 0 unspecified atom stereocenters. The fraction of sp³-hybridized carbons (Fsp3) is 0.480. The molecule has 0 bridgehead atoms. The monoisotopic (exact) mass is 471 g/mol. The van der Waals surface area contributed by atoms with Gasteiger partial charge >= 0.3 is 0 Å². The van der Waals surface area contributed by atoms with Crippen LogP contribution in [0.4, 0.5) is 11.4 Å². The minimum Gasteiger partial charge on any atom is -0.379 e. The van der Waals surface area contributed by atoms with E-state index in [0.717, 1.165) is 42.7 Å². The van der Waals surface area contributed by atoms with Gasteiger partial charge < -0.3 is 15.0 Å². The molecule has 7 nitrogen and oxygen atoms in total. The largest absolute Gasteiger partial charge is 0.379 e. The van der Waals surface area contributed by atoms with Crippen molar-refractivity contribution in [3.05, 3.63) is 53.6 Å².